The summed E-state index contributed by atoms with van der Waals surface area (Å²) in [6, 6.07) is 9.96. The first-order valence-corrected chi connectivity index (χ1v) is 8.62. The Morgan fingerprint density at radius 3 is 2.56 bits per heavy atom. The fraction of sp³-hybridized carbons (Fsp3) is 0.211. The third kappa shape index (κ3) is 3.19. The van der Waals surface area contributed by atoms with Gasteiger partial charge in [0.15, 0.2) is 5.82 Å². The van der Waals surface area contributed by atoms with Crippen LogP contribution in [0.5, 0.6) is 0 Å². The van der Waals surface area contributed by atoms with Crippen LogP contribution in [0.25, 0.3) is 21.9 Å². The zero-order valence-corrected chi connectivity index (χ0v) is 15.4. The number of nitrogens with zero attached hydrogens (tertiary/aromatic N) is 3. The molecule has 2 heterocycles. The largest absolute Gasteiger partial charge is 0.378 e. The second kappa shape index (κ2) is 6.54. The van der Waals surface area contributed by atoms with Crippen molar-refractivity contribution in [3.05, 3.63) is 56.4 Å². The standard InChI is InChI=1S/C19H18N4OS/c1-11-12(2)25-19-16(11)18(24)21-17(22-19)14(10-20)9-13-5-7-15(8-6-13)23(3)4/h5-9H,1-4H3,(H,21,22,24)/b14-9+. The molecule has 126 valence electrons. The monoisotopic (exact) mass is 350 g/mol. The number of hydrogen-bond donors (Lipinski definition) is 1. The molecule has 1 aromatic carbocycles. The summed E-state index contributed by atoms with van der Waals surface area (Å²) in [7, 11) is 3.95. The Morgan fingerprint density at radius 1 is 1.28 bits per heavy atom. The van der Waals surface area contributed by atoms with Crippen LogP contribution in [0.3, 0.4) is 0 Å². The van der Waals surface area contributed by atoms with Gasteiger partial charge in [-0.1, -0.05) is 12.1 Å². The predicted molar refractivity (Wildman–Crippen MR) is 104 cm³/mol. The number of rotatable bonds is 3. The summed E-state index contributed by atoms with van der Waals surface area (Å²) >= 11 is 1.47. The van der Waals surface area contributed by atoms with Gasteiger partial charge < -0.3 is 9.88 Å². The summed E-state index contributed by atoms with van der Waals surface area (Å²) in [6.07, 6.45) is 1.73. The van der Waals surface area contributed by atoms with E-state index in [1.807, 2.05) is 57.1 Å². The van der Waals surface area contributed by atoms with Crippen molar-refractivity contribution in [3.63, 3.8) is 0 Å². The van der Waals surface area contributed by atoms with Crippen molar-refractivity contribution in [3.8, 4) is 6.07 Å². The van der Waals surface area contributed by atoms with E-state index in [9.17, 15) is 10.1 Å². The van der Waals surface area contributed by atoms with Gasteiger partial charge in [0.2, 0.25) is 0 Å². The minimum atomic E-state index is -0.203. The molecular formula is C19H18N4OS. The summed E-state index contributed by atoms with van der Waals surface area (Å²) in [5.74, 6) is 0.304. The predicted octanol–water partition coefficient (Wildman–Crippen LogP) is 3.73. The number of allylic oxidation sites excluding steroid dienone is 1. The minimum Gasteiger partial charge on any atom is -0.378 e. The third-order valence-corrected chi connectivity index (χ3v) is 5.24. The topological polar surface area (TPSA) is 72.8 Å². The molecule has 25 heavy (non-hydrogen) atoms. The van der Waals surface area contributed by atoms with Crippen molar-refractivity contribution in [2.75, 3.05) is 19.0 Å². The lowest BCUT2D eigenvalue weighted by Crippen LogP contribution is -2.10. The number of thiophene rings is 1. The van der Waals surface area contributed by atoms with Gasteiger partial charge in [0, 0.05) is 24.7 Å². The van der Waals surface area contributed by atoms with Gasteiger partial charge in [-0.25, -0.2) is 4.98 Å². The third-order valence-electron chi connectivity index (χ3n) is 4.14. The highest BCUT2D eigenvalue weighted by Crippen LogP contribution is 2.27. The normalized spacial score (nSPS) is 11.6. The zero-order chi connectivity index (χ0) is 18.1. The molecule has 0 aliphatic heterocycles. The van der Waals surface area contributed by atoms with Gasteiger partial charge in [0.25, 0.3) is 5.56 Å². The Labute approximate surface area is 149 Å². The van der Waals surface area contributed by atoms with Crippen LogP contribution < -0.4 is 10.5 Å². The summed E-state index contributed by atoms with van der Waals surface area (Å²) in [5.41, 5.74) is 3.03. The molecule has 0 aliphatic rings. The van der Waals surface area contributed by atoms with Gasteiger partial charge in [-0.3, -0.25) is 4.79 Å². The molecule has 0 fully saturated rings. The number of H-pyrrole nitrogens is 1. The number of nitriles is 1. The second-order valence-electron chi connectivity index (χ2n) is 6.03. The fourth-order valence-electron chi connectivity index (χ4n) is 2.57. The quantitative estimate of drug-likeness (QED) is 0.731. The highest BCUT2D eigenvalue weighted by molar-refractivity contribution is 7.18. The molecule has 0 amide bonds. The van der Waals surface area contributed by atoms with Crippen molar-refractivity contribution >= 4 is 38.9 Å². The number of fused-ring (bicyclic) bond motifs is 1. The van der Waals surface area contributed by atoms with Gasteiger partial charge in [-0.15, -0.1) is 11.3 Å². The first-order valence-electron chi connectivity index (χ1n) is 7.80. The molecule has 5 nitrogen and oxygen atoms in total. The SMILES string of the molecule is Cc1sc2nc(/C(C#N)=C/c3ccc(N(C)C)cc3)[nH]c(=O)c2c1C. The number of aromatic amines is 1. The van der Waals surface area contributed by atoms with Crippen molar-refractivity contribution in [2.24, 2.45) is 0 Å². The molecule has 0 spiro atoms. The molecule has 6 heteroatoms. The Morgan fingerprint density at radius 2 is 1.96 bits per heavy atom. The molecular weight excluding hydrogens is 332 g/mol. The van der Waals surface area contributed by atoms with Crippen molar-refractivity contribution in [2.45, 2.75) is 13.8 Å². The maximum atomic E-state index is 12.4. The van der Waals surface area contributed by atoms with E-state index < -0.39 is 0 Å². The van der Waals surface area contributed by atoms with Gasteiger partial charge in [-0.2, -0.15) is 5.26 Å². The first kappa shape index (κ1) is 16.9. The molecule has 0 aliphatic carbocycles. The van der Waals surface area contributed by atoms with E-state index in [1.54, 1.807) is 6.08 Å². The van der Waals surface area contributed by atoms with Crippen molar-refractivity contribution in [1.29, 1.82) is 5.26 Å². The van der Waals surface area contributed by atoms with E-state index in [-0.39, 0.29) is 5.56 Å². The Bertz CT molecular complexity index is 1070. The highest BCUT2D eigenvalue weighted by atomic mass is 32.1. The molecule has 0 saturated carbocycles. The van der Waals surface area contributed by atoms with Crippen LogP contribution in [0.4, 0.5) is 5.69 Å². The summed E-state index contributed by atoms with van der Waals surface area (Å²) in [5, 5.41) is 10.1. The molecule has 3 rings (SSSR count). The molecule has 1 N–H and O–H groups in total. The molecule has 0 atom stereocenters. The van der Waals surface area contributed by atoms with Gasteiger partial charge in [-0.05, 0) is 43.2 Å². The van der Waals surface area contributed by atoms with Crippen LogP contribution in [0, 0.1) is 25.2 Å². The molecule has 0 bridgehead atoms. The van der Waals surface area contributed by atoms with E-state index in [0.29, 0.717) is 21.6 Å². The van der Waals surface area contributed by atoms with Crippen LogP contribution >= 0.6 is 11.3 Å². The van der Waals surface area contributed by atoms with E-state index >= 15 is 0 Å². The van der Waals surface area contributed by atoms with E-state index in [4.69, 9.17) is 0 Å². The van der Waals surface area contributed by atoms with Gasteiger partial charge in [0.1, 0.15) is 10.9 Å². The molecule has 3 aromatic rings. The van der Waals surface area contributed by atoms with E-state index in [1.165, 1.54) is 11.3 Å². The van der Waals surface area contributed by atoms with E-state index in [0.717, 1.165) is 21.7 Å². The Hall–Kier alpha value is -2.91. The maximum absolute atomic E-state index is 12.4. The lowest BCUT2D eigenvalue weighted by atomic mass is 10.1. The average molecular weight is 350 g/mol. The number of hydrogen-bond acceptors (Lipinski definition) is 5. The van der Waals surface area contributed by atoms with Crippen LogP contribution in [0.2, 0.25) is 0 Å². The number of benzene rings is 1. The maximum Gasteiger partial charge on any atom is 0.260 e. The van der Waals surface area contributed by atoms with Crippen LogP contribution in [-0.4, -0.2) is 24.1 Å². The minimum absolute atomic E-state index is 0.203. The number of anilines is 1. The summed E-state index contributed by atoms with van der Waals surface area (Å²) in [4.78, 5) is 23.4. The number of nitrogens with one attached hydrogen (secondary N) is 1. The Kier molecular flexibility index (Phi) is 4.43. The summed E-state index contributed by atoms with van der Waals surface area (Å²) in [6.45, 7) is 3.88. The summed E-state index contributed by atoms with van der Waals surface area (Å²) < 4.78 is 0. The lowest BCUT2D eigenvalue weighted by molar-refractivity contribution is 1.13. The first-order chi connectivity index (χ1) is 11.9. The lowest BCUT2D eigenvalue weighted by Gasteiger charge is -2.11. The highest BCUT2D eigenvalue weighted by Gasteiger charge is 2.13. The molecule has 0 unspecified atom stereocenters. The number of aryl methyl sites for hydroxylation is 2. The Balaban J connectivity index is 2.08. The molecule has 0 radical (unpaired) electrons. The van der Waals surface area contributed by atoms with Crippen LogP contribution in [-0.2, 0) is 0 Å². The van der Waals surface area contributed by atoms with Gasteiger partial charge in [0.05, 0.1) is 11.0 Å². The van der Waals surface area contributed by atoms with Crippen LogP contribution in [0.1, 0.15) is 21.8 Å². The second-order valence-corrected chi connectivity index (χ2v) is 7.24. The molecule has 0 saturated heterocycles. The fourth-order valence-corrected chi connectivity index (χ4v) is 3.60. The van der Waals surface area contributed by atoms with E-state index in [2.05, 4.69) is 16.0 Å². The van der Waals surface area contributed by atoms with Crippen LogP contribution in [0.15, 0.2) is 29.1 Å². The number of aromatic nitrogens is 2. The zero-order valence-electron chi connectivity index (χ0n) is 14.5. The average Bonchev–Trinajstić information content (AvgIpc) is 2.87. The smallest absolute Gasteiger partial charge is 0.260 e. The van der Waals surface area contributed by atoms with Crippen molar-refractivity contribution in [1.82, 2.24) is 9.97 Å². The molecule has 2 aromatic heterocycles. The van der Waals surface area contributed by atoms with Gasteiger partial charge >= 0.3 is 0 Å². The van der Waals surface area contributed by atoms with Crippen molar-refractivity contribution < 1.29 is 0 Å².